The minimum Gasteiger partial charge on any atom is -0.392 e. The molecule has 0 aromatic heterocycles. The van der Waals surface area contributed by atoms with Crippen LogP contribution in [0.2, 0.25) is 0 Å². The van der Waals surface area contributed by atoms with Crippen molar-refractivity contribution in [2.24, 2.45) is 0 Å². The minimum absolute atomic E-state index is 0.142. The first-order valence-corrected chi connectivity index (χ1v) is 8.46. The molecule has 1 saturated heterocycles. The van der Waals surface area contributed by atoms with Gasteiger partial charge in [-0.15, -0.1) is 0 Å². The molecule has 5 nitrogen and oxygen atoms in total. The molecule has 0 aromatic carbocycles. The van der Waals surface area contributed by atoms with Gasteiger partial charge in [-0.25, -0.2) is 4.79 Å². The number of rotatable bonds is 11. The molecule has 0 radical (unpaired) electrons. The average molecular weight is 312 g/mol. The summed E-state index contributed by atoms with van der Waals surface area (Å²) in [5.74, 6) is -1.29. The second kappa shape index (κ2) is 11.2. The van der Waals surface area contributed by atoms with Crippen LogP contribution in [-0.4, -0.2) is 23.9 Å². The SMILES string of the molecule is [2H]CCCCCCCCCCCC(=O)N[C@H]1CCC(=O)OC1=O. The van der Waals surface area contributed by atoms with Crippen molar-refractivity contribution in [3.63, 3.8) is 0 Å². The van der Waals surface area contributed by atoms with Crippen molar-refractivity contribution in [1.29, 1.82) is 0 Å². The molecule has 1 aliphatic heterocycles. The Kier molecular flexibility index (Phi) is 8.65. The summed E-state index contributed by atoms with van der Waals surface area (Å²) in [4.78, 5) is 34.1. The molecule has 126 valence electrons. The lowest BCUT2D eigenvalue weighted by Gasteiger charge is -2.20. The zero-order valence-electron chi connectivity index (χ0n) is 14.4. The van der Waals surface area contributed by atoms with Gasteiger partial charge in [0.1, 0.15) is 6.04 Å². The van der Waals surface area contributed by atoms with Crippen LogP contribution in [0, 0.1) is 0 Å². The van der Waals surface area contributed by atoms with Crippen molar-refractivity contribution in [3.8, 4) is 0 Å². The Morgan fingerprint density at radius 1 is 1.14 bits per heavy atom. The number of cyclic esters (lactones) is 2. The first-order valence-electron chi connectivity index (χ1n) is 9.17. The highest BCUT2D eigenvalue weighted by Gasteiger charge is 2.29. The van der Waals surface area contributed by atoms with Crippen LogP contribution in [0.25, 0.3) is 0 Å². The van der Waals surface area contributed by atoms with E-state index in [9.17, 15) is 14.4 Å². The van der Waals surface area contributed by atoms with Crippen molar-refractivity contribution in [2.75, 3.05) is 0 Å². The number of esters is 2. The van der Waals surface area contributed by atoms with Gasteiger partial charge in [-0.1, -0.05) is 58.3 Å². The van der Waals surface area contributed by atoms with Gasteiger partial charge in [0.2, 0.25) is 5.91 Å². The zero-order valence-corrected chi connectivity index (χ0v) is 13.4. The molecule has 1 amide bonds. The third-order valence-corrected chi connectivity index (χ3v) is 3.88. The van der Waals surface area contributed by atoms with E-state index in [1.165, 1.54) is 32.1 Å². The van der Waals surface area contributed by atoms with Crippen LogP contribution in [-0.2, 0) is 19.1 Å². The first kappa shape index (κ1) is 17.0. The van der Waals surface area contributed by atoms with E-state index in [1.807, 2.05) is 0 Å². The van der Waals surface area contributed by atoms with Crippen molar-refractivity contribution in [1.82, 2.24) is 5.32 Å². The average Bonchev–Trinajstić information content (AvgIpc) is 2.52. The number of unbranched alkanes of at least 4 members (excludes halogenated alkanes) is 8. The van der Waals surface area contributed by atoms with E-state index in [4.69, 9.17) is 1.37 Å². The molecule has 0 saturated carbocycles. The normalized spacial score (nSPS) is 18.7. The van der Waals surface area contributed by atoms with Gasteiger partial charge in [-0.3, -0.25) is 9.59 Å². The highest BCUT2D eigenvalue weighted by Crippen LogP contribution is 2.12. The van der Waals surface area contributed by atoms with E-state index >= 15 is 0 Å². The molecule has 0 unspecified atom stereocenters. The summed E-state index contributed by atoms with van der Waals surface area (Å²) in [7, 11) is 0. The quantitative estimate of drug-likeness (QED) is 0.361. The molecule has 1 fully saturated rings. The van der Waals surface area contributed by atoms with E-state index in [0.717, 1.165) is 25.7 Å². The lowest BCUT2D eigenvalue weighted by molar-refractivity contribution is -0.166. The smallest absolute Gasteiger partial charge is 0.336 e. The minimum atomic E-state index is -0.663. The van der Waals surface area contributed by atoms with Gasteiger partial charge in [-0.2, -0.15) is 0 Å². The van der Waals surface area contributed by atoms with Crippen LogP contribution >= 0.6 is 0 Å². The summed E-state index contributed by atoms with van der Waals surface area (Å²) < 4.78 is 11.6. The first-order chi connectivity index (χ1) is 11.1. The molecule has 0 aromatic rings. The maximum atomic E-state index is 11.8. The topological polar surface area (TPSA) is 72.5 Å². The Labute approximate surface area is 134 Å². The van der Waals surface area contributed by atoms with Gasteiger partial charge < -0.3 is 10.1 Å². The van der Waals surface area contributed by atoms with Crippen LogP contribution in [0.4, 0.5) is 0 Å². The summed E-state index contributed by atoms with van der Waals surface area (Å²) in [6.07, 6.45) is 11.0. The van der Waals surface area contributed by atoms with E-state index < -0.39 is 18.0 Å². The Balaban J connectivity index is 1.94. The second-order valence-electron chi connectivity index (χ2n) is 5.88. The fourth-order valence-corrected chi connectivity index (χ4v) is 2.53. The predicted molar refractivity (Wildman–Crippen MR) is 84.1 cm³/mol. The van der Waals surface area contributed by atoms with Crippen molar-refractivity contribution < 1.29 is 20.5 Å². The number of nitrogens with one attached hydrogen (secondary N) is 1. The van der Waals surface area contributed by atoms with Gasteiger partial charge in [0.05, 0.1) is 0 Å². The van der Waals surface area contributed by atoms with Crippen LogP contribution in [0.5, 0.6) is 0 Å². The molecule has 1 aliphatic rings. The Morgan fingerprint density at radius 3 is 2.41 bits per heavy atom. The number of carbonyl (C=O) groups is 3. The molecule has 0 aliphatic carbocycles. The molecule has 1 rings (SSSR count). The van der Waals surface area contributed by atoms with Crippen LogP contribution < -0.4 is 5.32 Å². The summed E-state index contributed by atoms with van der Waals surface area (Å²) in [6.45, 7) is 0.539. The lowest BCUT2D eigenvalue weighted by Crippen LogP contribution is -2.45. The summed E-state index contributed by atoms with van der Waals surface area (Å²) in [6, 6.07) is -0.663. The van der Waals surface area contributed by atoms with E-state index in [-0.39, 0.29) is 12.3 Å². The van der Waals surface area contributed by atoms with Crippen molar-refractivity contribution in [2.45, 2.75) is 90.0 Å². The molecule has 5 heteroatoms. The van der Waals surface area contributed by atoms with E-state index in [1.54, 1.807) is 0 Å². The van der Waals surface area contributed by atoms with Crippen molar-refractivity contribution in [3.05, 3.63) is 0 Å². The van der Waals surface area contributed by atoms with Gasteiger partial charge in [0.15, 0.2) is 0 Å². The van der Waals surface area contributed by atoms with Crippen LogP contribution in [0.15, 0.2) is 0 Å². The molecular weight excluding hydrogens is 282 g/mol. The molecule has 22 heavy (non-hydrogen) atoms. The maximum absolute atomic E-state index is 11.8. The third-order valence-electron chi connectivity index (χ3n) is 3.88. The Hall–Kier alpha value is -1.39. The third kappa shape index (κ3) is 8.15. The number of carbonyl (C=O) groups excluding carboxylic acids is 3. The summed E-state index contributed by atoms with van der Waals surface area (Å²) in [5.41, 5.74) is 0. The van der Waals surface area contributed by atoms with E-state index in [0.29, 0.717) is 19.7 Å². The number of hydrogen-bond donors (Lipinski definition) is 1. The fraction of sp³-hybridized carbons (Fsp3) is 0.824. The molecule has 0 bridgehead atoms. The zero-order chi connectivity index (χ0) is 16.9. The molecule has 0 spiro atoms. The van der Waals surface area contributed by atoms with Crippen LogP contribution in [0.3, 0.4) is 0 Å². The second-order valence-corrected chi connectivity index (χ2v) is 5.88. The number of ether oxygens (including phenoxy) is 1. The maximum Gasteiger partial charge on any atom is 0.336 e. The molecule has 1 N–H and O–H groups in total. The molecular formula is C17H29NO4. The van der Waals surface area contributed by atoms with Crippen molar-refractivity contribution >= 4 is 17.8 Å². The molecule has 1 atom stereocenters. The predicted octanol–water partition coefficient (Wildman–Crippen LogP) is 3.26. The summed E-state index contributed by atoms with van der Waals surface area (Å²) in [5, 5.41) is 2.64. The highest BCUT2D eigenvalue weighted by molar-refractivity contribution is 5.93. The van der Waals surface area contributed by atoms with Gasteiger partial charge in [0.25, 0.3) is 0 Å². The largest absolute Gasteiger partial charge is 0.392 e. The highest BCUT2D eigenvalue weighted by atomic mass is 16.6. The monoisotopic (exact) mass is 312 g/mol. The van der Waals surface area contributed by atoms with E-state index in [2.05, 4.69) is 10.1 Å². The standard InChI is InChI=1S/C17H29NO4/c1-2-3-4-5-6-7-8-9-10-11-15(19)18-14-12-13-16(20)22-17(14)21/h14H,2-13H2,1H3,(H,18,19)/t14-/m0/s1/i1D. The number of amides is 1. The number of hydrogen-bond acceptors (Lipinski definition) is 4. The molecule has 1 heterocycles. The van der Waals surface area contributed by atoms with Gasteiger partial charge >= 0.3 is 11.9 Å². The van der Waals surface area contributed by atoms with Gasteiger partial charge in [0, 0.05) is 14.2 Å². The fourth-order valence-electron chi connectivity index (χ4n) is 2.53. The van der Waals surface area contributed by atoms with Gasteiger partial charge in [-0.05, 0) is 12.8 Å². The Morgan fingerprint density at radius 2 is 1.77 bits per heavy atom. The van der Waals surface area contributed by atoms with Crippen LogP contribution in [0.1, 0.15) is 85.3 Å². The summed E-state index contributed by atoms with van der Waals surface area (Å²) >= 11 is 0. The Bertz CT molecular complexity index is 387. The lowest BCUT2D eigenvalue weighted by atomic mass is 10.1.